The van der Waals surface area contributed by atoms with Crippen molar-refractivity contribution in [2.45, 2.75) is 20.0 Å². The van der Waals surface area contributed by atoms with E-state index in [1.165, 1.54) is 11.3 Å². The van der Waals surface area contributed by atoms with Crippen molar-refractivity contribution < 1.29 is 9.47 Å². The van der Waals surface area contributed by atoms with Crippen molar-refractivity contribution in [1.82, 2.24) is 10.6 Å². The fraction of sp³-hybridized carbons (Fsp3) is 0.381. The van der Waals surface area contributed by atoms with Gasteiger partial charge >= 0.3 is 0 Å². The molecule has 0 aliphatic rings. The molecule has 0 amide bonds. The zero-order valence-electron chi connectivity index (χ0n) is 16.9. The van der Waals surface area contributed by atoms with E-state index in [0.717, 1.165) is 29.6 Å². The zero-order valence-corrected chi connectivity index (χ0v) is 16.9. The summed E-state index contributed by atoms with van der Waals surface area (Å²) in [6.07, 6.45) is 0. The maximum atomic E-state index is 5.46. The third kappa shape index (κ3) is 6.09. The Morgan fingerprint density at radius 3 is 2.52 bits per heavy atom. The number of nitrogens with zero attached hydrogens (tertiary/aromatic N) is 2. The van der Waals surface area contributed by atoms with Crippen LogP contribution < -0.4 is 25.0 Å². The van der Waals surface area contributed by atoms with Crippen LogP contribution in [0.25, 0.3) is 0 Å². The van der Waals surface area contributed by atoms with Gasteiger partial charge in [0.25, 0.3) is 0 Å². The normalized spacial score (nSPS) is 11.1. The Morgan fingerprint density at radius 2 is 1.85 bits per heavy atom. The van der Waals surface area contributed by atoms with Crippen molar-refractivity contribution in [1.29, 1.82) is 0 Å². The highest BCUT2D eigenvalue weighted by molar-refractivity contribution is 5.79. The summed E-state index contributed by atoms with van der Waals surface area (Å²) in [5, 5.41) is 6.65. The number of nitrogens with one attached hydrogen (secondary N) is 2. The number of guanidine groups is 1. The SMILES string of the molecule is CCNC(=NCc1cccc(N(C)C)c1)NCc1ccc(OC)cc1OC. The molecule has 0 fully saturated rings. The topological polar surface area (TPSA) is 58.1 Å². The van der Waals surface area contributed by atoms with Gasteiger partial charge in [-0.25, -0.2) is 4.99 Å². The van der Waals surface area contributed by atoms with E-state index in [0.29, 0.717) is 13.1 Å². The van der Waals surface area contributed by atoms with Crippen LogP contribution in [-0.2, 0) is 13.1 Å². The van der Waals surface area contributed by atoms with Crippen LogP contribution in [0.2, 0.25) is 0 Å². The molecule has 0 radical (unpaired) electrons. The van der Waals surface area contributed by atoms with E-state index in [-0.39, 0.29) is 0 Å². The smallest absolute Gasteiger partial charge is 0.191 e. The molecule has 0 aromatic heterocycles. The van der Waals surface area contributed by atoms with Gasteiger partial charge in [0.15, 0.2) is 5.96 Å². The Bertz CT molecular complexity index is 760. The molecule has 2 aromatic rings. The van der Waals surface area contributed by atoms with Crippen molar-refractivity contribution in [3.05, 3.63) is 53.6 Å². The summed E-state index contributed by atoms with van der Waals surface area (Å²) < 4.78 is 10.7. The first-order chi connectivity index (χ1) is 13.1. The van der Waals surface area contributed by atoms with Crippen LogP contribution in [0.4, 0.5) is 5.69 Å². The van der Waals surface area contributed by atoms with Crippen molar-refractivity contribution in [2.24, 2.45) is 4.99 Å². The Kier molecular flexibility index (Phi) is 7.79. The molecule has 146 valence electrons. The first-order valence-electron chi connectivity index (χ1n) is 9.06. The number of benzene rings is 2. The number of anilines is 1. The summed E-state index contributed by atoms with van der Waals surface area (Å²) in [5.74, 6) is 2.33. The van der Waals surface area contributed by atoms with E-state index in [1.54, 1.807) is 14.2 Å². The molecule has 27 heavy (non-hydrogen) atoms. The lowest BCUT2D eigenvalue weighted by Crippen LogP contribution is -2.36. The summed E-state index contributed by atoms with van der Waals surface area (Å²) in [7, 11) is 7.38. The molecule has 0 bridgehead atoms. The molecule has 0 heterocycles. The minimum atomic E-state index is 0.608. The molecule has 0 aliphatic heterocycles. The van der Waals surface area contributed by atoms with Crippen molar-refractivity contribution in [2.75, 3.05) is 39.8 Å². The summed E-state index contributed by atoms with van der Waals surface area (Å²) in [5.41, 5.74) is 3.38. The molecule has 6 heteroatoms. The monoisotopic (exact) mass is 370 g/mol. The third-order valence-corrected chi connectivity index (χ3v) is 4.13. The number of rotatable bonds is 8. The zero-order chi connectivity index (χ0) is 19.6. The lowest BCUT2D eigenvalue weighted by molar-refractivity contribution is 0.390. The molecule has 2 rings (SSSR count). The Morgan fingerprint density at radius 1 is 1.04 bits per heavy atom. The maximum absolute atomic E-state index is 5.46. The van der Waals surface area contributed by atoms with Crippen LogP contribution in [0.15, 0.2) is 47.5 Å². The summed E-state index contributed by atoms with van der Waals surface area (Å²) in [4.78, 5) is 6.79. The molecule has 2 aromatic carbocycles. The van der Waals surface area contributed by atoms with E-state index in [9.17, 15) is 0 Å². The van der Waals surface area contributed by atoms with Crippen molar-refractivity contribution >= 4 is 11.6 Å². The van der Waals surface area contributed by atoms with E-state index >= 15 is 0 Å². The minimum absolute atomic E-state index is 0.608. The Balaban J connectivity index is 2.07. The quantitative estimate of drug-likeness (QED) is 0.553. The summed E-state index contributed by atoms with van der Waals surface area (Å²) in [6, 6.07) is 14.2. The predicted molar refractivity (Wildman–Crippen MR) is 112 cm³/mol. The summed E-state index contributed by atoms with van der Waals surface area (Å²) in [6.45, 7) is 4.06. The molecule has 0 aliphatic carbocycles. The first kappa shape index (κ1) is 20.4. The maximum Gasteiger partial charge on any atom is 0.191 e. The van der Waals surface area contributed by atoms with Crippen LogP contribution in [0.1, 0.15) is 18.1 Å². The van der Waals surface area contributed by atoms with Crippen LogP contribution in [0.3, 0.4) is 0 Å². The van der Waals surface area contributed by atoms with Gasteiger partial charge in [0, 0.05) is 44.5 Å². The van der Waals surface area contributed by atoms with Gasteiger partial charge in [-0.2, -0.15) is 0 Å². The fourth-order valence-electron chi connectivity index (χ4n) is 2.62. The molecule has 6 nitrogen and oxygen atoms in total. The van der Waals surface area contributed by atoms with Crippen LogP contribution in [0, 0.1) is 0 Å². The van der Waals surface area contributed by atoms with Crippen LogP contribution >= 0.6 is 0 Å². The van der Waals surface area contributed by atoms with Gasteiger partial charge in [-0.15, -0.1) is 0 Å². The number of methoxy groups -OCH3 is 2. The molecule has 0 saturated carbocycles. The third-order valence-electron chi connectivity index (χ3n) is 4.13. The van der Waals surface area contributed by atoms with E-state index < -0.39 is 0 Å². The highest BCUT2D eigenvalue weighted by Crippen LogP contribution is 2.24. The predicted octanol–water partition coefficient (Wildman–Crippen LogP) is 3.03. The van der Waals surface area contributed by atoms with Crippen LogP contribution in [-0.4, -0.2) is 40.8 Å². The van der Waals surface area contributed by atoms with Gasteiger partial charge in [0.1, 0.15) is 11.5 Å². The highest BCUT2D eigenvalue weighted by Gasteiger charge is 2.06. The molecular formula is C21H30N4O2. The molecule has 2 N–H and O–H groups in total. The van der Waals surface area contributed by atoms with Gasteiger partial charge in [-0.05, 0) is 36.8 Å². The van der Waals surface area contributed by atoms with E-state index in [2.05, 4.69) is 46.7 Å². The van der Waals surface area contributed by atoms with Crippen LogP contribution in [0.5, 0.6) is 11.5 Å². The van der Waals surface area contributed by atoms with Gasteiger partial charge in [0.05, 0.1) is 20.8 Å². The minimum Gasteiger partial charge on any atom is -0.497 e. The van der Waals surface area contributed by atoms with Gasteiger partial charge in [-0.3, -0.25) is 0 Å². The standard InChI is InChI=1S/C21H30N4O2/c1-6-22-21(23-14-16-8-7-9-18(12-16)25(2)3)24-15-17-10-11-19(26-4)13-20(17)27-5/h7-13H,6,14-15H2,1-5H3,(H2,22,23,24). The number of hydrogen-bond donors (Lipinski definition) is 2. The molecule has 0 spiro atoms. The van der Waals surface area contributed by atoms with Gasteiger partial charge in [0.2, 0.25) is 0 Å². The molecule has 0 saturated heterocycles. The summed E-state index contributed by atoms with van der Waals surface area (Å²) >= 11 is 0. The number of ether oxygens (including phenoxy) is 2. The lowest BCUT2D eigenvalue weighted by Gasteiger charge is -2.15. The molecule has 0 unspecified atom stereocenters. The van der Waals surface area contributed by atoms with E-state index in [4.69, 9.17) is 14.5 Å². The van der Waals surface area contributed by atoms with E-state index in [1.807, 2.05) is 32.3 Å². The number of aliphatic imine (C=N–C) groups is 1. The highest BCUT2D eigenvalue weighted by atomic mass is 16.5. The van der Waals surface area contributed by atoms with Crippen molar-refractivity contribution in [3.63, 3.8) is 0 Å². The first-order valence-corrected chi connectivity index (χ1v) is 9.06. The van der Waals surface area contributed by atoms with Gasteiger partial charge < -0.3 is 25.0 Å². The number of hydrogen-bond acceptors (Lipinski definition) is 4. The fourth-order valence-corrected chi connectivity index (χ4v) is 2.62. The Hall–Kier alpha value is -2.89. The largest absolute Gasteiger partial charge is 0.497 e. The second kappa shape index (κ2) is 10.3. The average molecular weight is 370 g/mol. The van der Waals surface area contributed by atoms with Gasteiger partial charge in [-0.1, -0.05) is 12.1 Å². The average Bonchev–Trinajstić information content (AvgIpc) is 2.70. The molecule has 0 atom stereocenters. The Labute approximate surface area is 162 Å². The second-order valence-electron chi connectivity index (χ2n) is 6.29. The second-order valence-corrected chi connectivity index (χ2v) is 6.29. The van der Waals surface area contributed by atoms with Crippen molar-refractivity contribution in [3.8, 4) is 11.5 Å². The molecular weight excluding hydrogens is 340 g/mol. The lowest BCUT2D eigenvalue weighted by atomic mass is 10.2.